The van der Waals surface area contributed by atoms with Crippen molar-refractivity contribution in [2.24, 2.45) is 7.05 Å². The van der Waals surface area contributed by atoms with Crippen LogP contribution >= 0.6 is 11.6 Å². The molecule has 1 fully saturated rings. The van der Waals surface area contributed by atoms with E-state index < -0.39 is 0 Å². The van der Waals surface area contributed by atoms with Crippen LogP contribution in [0.2, 0.25) is 5.02 Å². The third-order valence-corrected chi connectivity index (χ3v) is 8.25. The monoisotopic (exact) mass is 627 g/mol. The summed E-state index contributed by atoms with van der Waals surface area (Å²) in [7, 11) is 1.87. The Morgan fingerprint density at radius 2 is 1.96 bits per heavy atom. The molecule has 2 atom stereocenters. The van der Waals surface area contributed by atoms with Crippen molar-refractivity contribution >= 4 is 40.2 Å². The van der Waals surface area contributed by atoms with Crippen LogP contribution in [0.5, 0.6) is 11.5 Å². The van der Waals surface area contributed by atoms with Crippen LogP contribution < -0.4 is 10.1 Å². The molecular formula is C32H34ClN9O3. The van der Waals surface area contributed by atoms with Crippen LogP contribution in [0, 0.1) is 0 Å². The summed E-state index contributed by atoms with van der Waals surface area (Å²) in [6.45, 7) is 8.22. The van der Waals surface area contributed by atoms with E-state index in [2.05, 4.69) is 64.0 Å². The van der Waals surface area contributed by atoms with Crippen molar-refractivity contribution in [3.63, 3.8) is 0 Å². The van der Waals surface area contributed by atoms with Crippen molar-refractivity contribution in [1.29, 1.82) is 0 Å². The van der Waals surface area contributed by atoms with Crippen molar-refractivity contribution in [2.45, 2.75) is 51.4 Å². The molecule has 0 amide bonds. The number of fused-ring (bicyclic) bond motifs is 2. The molecule has 6 aromatic rings. The molecule has 45 heavy (non-hydrogen) atoms. The molecule has 12 nitrogen and oxygen atoms in total. The van der Waals surface area contributed by atoms with Gasteiger partial charge in [0.05, 0.1) is 31.6 Å². The number of aryl methyl sites for hydroxylation is 1. The highest BCUT2D eigenvalue weighted by Gasteiger charge is 2.35. The van der Waals surface area contributed by atoms with Crippen LogP contribution in [0.25, 0.3) is 16.8 Å². The third kappa shape index (κ3) is 5.84. The van der Waals surface area contributed by atoms with Crippen LogP contribution in [-0.4, -0.2) is 58.2 Å². The normalized spacial score (nSPS) is 17.0. The second-order valence-corrected chi connectivity index (χ2v) is 12.5. The number of imidazole rings is 2. The van der Waals surface area contributed by atoms with Crippen molar-refractivity contribution in [2.75, 3.05) is 18.5 Å². The van der Waals surface area contributed by atoms with E-state index >= 15 is 0 Å². The summed E-state index contributed by atoms with van der Waals surface area (Å²) in [5, 5.41) is 13.1. The number of aromatic nitrogens is 8. The molecule has 0 aliphatic carbocycles. The highest BCUT2D eigenvalue weighted by atomic mass is 35.5. The fourth-order valence-electron chi connectivity index (χ4n) is 5.60. The maximum absolute atomic E-state index is 6.84. The minimum Gasteiger partial charge on any atom is -0.452 e. The second-order valence-electron chi connectivity index (χ2n) is 12.1. The number of halogens is 1. The molecule has 0 saturated carbocycles. The Morgan fingerprint density at radius 3 is 2.78 bits per heavy atom. The summed E-state index contributed by atoms with van der Waals surface area (Å²) in [5.74, 6) is 2.10. The maximum atomic E-state index is 6.84. The van der Waals surface area contributed by atoms with Gasteiger partial charge >= 0.3 is 0 Å². The number of hydrogen-bond acceptors (Lipinski definition) is 9. The van der Waals surface area contributed by atoms with Gasteiger partial charge in [-0.2, -0.15) is 15.2 Å². The van der Waals surface area contributed by atoms with Gasteiger partial charge in [0.2, 0.25) is 5.95 Å². The average molecular weight is 628 g/mol. The molecule has 1 N–H and O–H groups in total. The first-order valence-corrected chi connectivity index (χ1v) is 15.2. The molecule has 1 aliphatic rings. The van der Waals surface area contributed by atoms with Gasteiger partial charge in [0.1, 0.15) is 16.6 Å². The standard InChI is InChI=1S/C32H34ClN9O3/c1-32(2,3)25-15-26(39-42(25)22-10-13-44-24(22)19-43-18-20-8-6-5-7-9-20)37-31-38-30-29(40(31)4)28(33)23(17-35-30)45-21-14-27-34-11-12-41(27)36-16-21/h5-9,11-12,14-17,22,24H,10,13,18-19H2,1-4H3,(H,35,37,38,39)/t22-,24+/m0/s1. The molecule has 13 heteroatoms. The molecule has 7 rings (SSSR count). The summed E-state index contributed by atoms with van der Waals surface area (Å²) in [6, 6.07) is 14.1. The molecule has 0 spiro atoms. The maximum Gasteiger partial charge on any atom is 0.210 e. The molecule has 1 aliphatic heterocycles. The Hall–Kier alpha value is -4.52. The lowest BCUT2D eigenvalue weighted by atomic mass is 9.91. The zero-order chi connectivity index (χ0) is 31.1. The van der Waals surface area contributed by atoms with E-state index in [4.69, 9.17) is 35.9 Å². The third-order valence-electron chi connectivity index (χ3n) is 7.89. The molecule has 6 heterocycles. The van der Waals surface area contributed by atoms with Gasteiger partial charge in [-0.3, -0.25) is 4.68 Å². The van der Waals surface area contributed by atoms with E-state index in [1.54, 1.807) is 35.4 Å². The van der Waals surface area contributed by atoms with Crippen LogP contribution in [0.4, 0.5) is 11.8 Å². The number of ether oxygens (including phenoxy) is 3. The van der Waals surface area contributed by atoms with Gasteiger partial charge in [0, 0.05) is 49.3 Å². The Morgan fingerprint density at radius 1 is 1.11 bits per heavy atom. The zero-order valence-corrected chi connectivity index (χ0v) is 26.3. The fraction of sp³-hybridized carbons (Fsp3) is 0.344. The summed E-state index contributed by atoms with van der Waals surface area (Å²) in [4.78, 5) is 13.5. The Balaban J connectivity index is 1.13. The second kappa shape index (κ2) is 11.8. The topological polar surface area (TPSA) is 118 Å². The number of nitrogens with zero attached hydrogens (tertiary/aromatic N) is 8. The SMILES string of the molecule is Cn1c(Nc2cc(C(C)(C)C)n([C@H]3CCO[C@@H]3COCc3ccccc3)n2)nc2ncc(Oc3cnn4ccnc4c3)c(Cl)c21. The predicted molar refractivity (Wildman–Crippen MR) is 170 cm³/mol. The van der Waals surface area contributed by atoms with Crippen molar-refractivity contribution in [1.82, 2.24) is 38.9 Å². The van der Waals surface area contributed by atoms with Gasteiger partial charge in [-0.25, -0.2) is 14.5 Å². The van der Waals surface area contributed by atoms with Gasteiger partial charge in [-0.1, -0.05) is 62.7 Å². The number of pyridine rings is 1. The Labute approximate surface area is 264 Å². The minimum absolute atomic E-state index is 0.0394. The van der Waals surface area contributed by atoms with Crippen molar-refractivity contribution < 1.29 is 14.2 Å². The number of anilines is 2. The van der Waals surface area contributed by atoms with Crippen LogP contribution in [-0.2, 0) is 28.5 Å². The first-order valence-electron chi connectivity index (χ1n) is 14.8. The van der Waals surface area contributed by atoms with Gasteiger partial charge in [-0.05, 0) is 12.0 Å². The molecule has 0 unspecified atom stereocenters. The molecule has 0 bridgehead atoms. The fourth-order valence-corrected chi connectivity index (χ4v) is 5.90. The molecule has 0 radical (unpaired) electrons. The van der Waals surface area contributed by atoms with Crippen molar-refractivity contribution in [3.8, 4) is 11.5 Å². The summed E-state index contributed by atoms with van der Waals surface area (Å²) in [5.41, 5.74) is 3.83. The Bertz CT molecular complexity index is 1960. The molecule has 1 saturated heterocycles. The van der Waals surface area contributed by atoms with Crippen LogP contribution in [0.3, 0.4) is 0 Å². The minimum atomic E-state index is -0.164. The van der Waals surface area contributed by atoms with Gasteiger partial charge < -0.3 is 24.1 Å². The van der Waals surface area contributed by atoms with Gasteiger partial charge in [0.15, 0.2) is 28.6 Å². The van der Waals surface area contributed by atoms with Gasteiger partial charge in [-0.15, -0.1) is 0 Å². The van der Waals surface area contributed by atoms with Crippen LogP contribution in [0.15, 0.2) is 67.3 Å². The highest BCUT2D eigenvalue weighted by molar-refractivity contribution is 6.36. The lowest BCUT2D eigenvalue weighted by molar-refractivity contribution is -0.00444. The van der Waals surface area contributed by atoms with E-state index in [1.165, 1.54) is 0 Å². The molecule has 5 aromatic heterocycles. The summed E-state index contributed by atoms with van der Waals surface area (Å²) in [6.07, 6.45) is 7.34. The van der Waals surface area contributed by atoms with Crippen molar-refractivity contribution in [3.05, 3.63) is 83.5 Å². The smallest absolute Gasteiger partial charge is 0.210 e. The van der Waals surface area contributed by atoms with Crippen LogP contribution in [0.1, 0.15) is 44.5 Å². The zero-order valence-electron chi connectivity index (χ0n) is 25.5. The summed E-state index contributed by atoms with van der Waals surface area (Å²) >= 11 is 6.84. The lowest BCUT2D eigenvalue weighted by Gasteiger charge is -2.26. The molecule has 1 aromatic carbocycles. The number of benzene rings is 1. The number of rotatable bonds is 9. The Kier molecular flexibility index (Phi) is 7.64. The first-order chi connectivity index (χ1) is 21.7. The number of nitrogens with one attached hydrogen (secondary N) is 1. The van der Waals surface area contributed by atoms with E-state index in [0.29, 0.717) is 64.9 Å². The molecule has 232 valence electrons. The van der Waals surface area contributed by atoms with Gasteiger partial charge in [0.25, 0.3) is 0 Å². The van der Waals surface area contributed by atoms with E-state index in [9.17, 15) is 0 Å². The largest absolute Gasteiger partial charge is 0.452 e. The summed E-state index contributed by atoms with van der Waals surface area (Å²) < 4.78 is 23.8. The quantitative estimate of drug-likeness (QED) is 0.199. The number of hydrogen-bond donors (Lipinski definition) is 1. The lowest BCUT2D eigenvalue weighted by Crippen LogP contribution is -2.30. The van der Waals surface area contributed by atoms with E-state index in [-0.39, 0.29) is 17.6 Å². The average Bonchev–Trinajstić information content (AvgIpc) is 3.82. The predicted octanol–water partition coefficient (Wildman–Crippen LogP) is 6.24. The first kappa shape index (κ1) is 29.2. The van der Waals surface area contributed by atoms with E-state index in [0.717, 1.165) is 17.7 Å². The highest BCUT2D eigenvalue weighted by Crippen LogP contribution is 2.37. The van der Waals surface area contributed by atoms with E-state index in [1.807, 2.05) is 29.8 Å². The molecular weight excluding hydrogens is 594 g/mol.